The molecule has 162 valence electrons. The van der Waals surface area contributed by atoms with Crippen molar-refractivity contribution < 1.29 is 4.79 Å². The van der Waals surface area contributed by atoms with E-state index >= 15 is 0 Å². The molecule has 1 N–H and O–H groups in total. The maximum absolute atomic E-state index is 13.1. The van der Waals surface area contributed by atoms with Gasteiger partial charge in [-0.25, -0.2) is 0 Å². The van der Waals surface area contributed by atoms with Crippen LogP contribution in [-0.4, -0.2) is 22.3 Å². The number of piperidine rings is 1. The van der Waals surface area contributed by atoms with E-state index in [1.54, 1.807) is 0 Å². The van der Waals surface area contributed by atoms with Gasteiger partial charge in [0.15, 0.2) is 5.78 Å². The normalized spacial score (nSPS) is 28.7. The van der Waals surface area contributed by atoms with E-state index in [0.717, 1.165) is 60.7 Å². The number of carbonyl (C=O) groups excluding carboxylic acids is 1. The third-order valence-corrected chi connectivity index (χ3v) is 7.29. The molecule has 2 atom stereocenters. The Morgan fingerprint density at radius 2 is 1.90 bits per heavy atom. The van der Waals surface area contributed by atoms with Gasteiger partial charge in [-0.2, -0.15) is 0 Å². The van der Waals surface area contributed by atoms with Gasteiger partial charge in [-0.05, 0) is 76.3 Å². The first-order valence-electron chi connectivity index (χ1n) is 11.0. The summed E-state index contributed by atoms with van der Waals surface area (Å²) in [5, 5.41) is 4.67. The summed E-state index contributed by atoms with van der Waals surface area (Å²) in [7, 11) is 0. The van der Waals surface area contributed by atoms with Gasteiger partial charge in [0.2, 0.25) is 0 Å². The minimum atomic E-state index is 0. The van der Waals surface area contributed by atoms with Crippen LogP contribution in [0.3, 0.4) is 0 Å². The van der Waals surface area contributed by atoms with Gasteiger partial charge in [-0.1, -0.05) is 41.9 Å². The summed E-state index contributed by atoms with van der Waals surface area (Å²) in [4.78, 5) is 17.5. The molecule has 1 saturated heterocycles. The fourth-order valence-electron chi connectivity index (χ4n) is 5.47. The van der Waals surface area contributed by atoms with E-state index in [1.807, 2.05) is 48.7 Å². The lowest BCUT2D eigenvalue weighted by Gasteiger charge is -2.48. The number of aryl methyl sites for hydroxylation is 1. The summed E-state index contributed by atoms with van der Waals surface area (Å²) in [5.41, 5.74) is 2.02. The number of nitrogens with zero attached hydrogens (tertiary/aromatic N) is 1. The van der Waals surface area contributed by atoms with Gasteiger partial charge in [0.25, 0.3) is 0 Å². The number of aromatic nitrogens is 1. The van der Waals surface area contributed by atoms with Gasteiger partial charge in [0.1, 0.15) is 0 Å². The number of rotatable bonds is 5. The van der Waals surface area contributed by atoms with Crippen LogP contribution in [-0.2, 0) is 6.42 Å². The molecule has 1 aromatic carbocycles. The van der Waals surface area contributed by atoms with Gasteiger partial charge in [0.05, 0.1) is 10.7 Å². The lowest BCUT2D eigenvalue weighted by molar-refractivity contribution is 0.0671. The Balaban J connectivity index is 0.00000256. The maximum atomic E-state index is 13.1. The highest BCUT2D eigenvalue weighted by Crippen LogP contribution is 2.42. The third-order valence-electron chi connectivity index (χ3n) is 6.94. The average molecular weight is 447 g/mol. The Labute approximate surface area is 191 Å². The number of benzene rings is 1. The number of carbonyl (C=O) groups is 1. The van der Waals surface area contributed by atoms with Crippen LogP contribution < -0.4 is 5.32 Å². The number of hydrogen-bond donors (Lipinski definition) is 1. The van der Waals surface area contributed by atoms with Crippen molar-refractivity contribution in [1.29, 1.82) is 0 Å². The molecule has 4 rings (SSSR count). The van der Waals surface area contributed by atoms with Gasteiger partial charge < -0.3 is 5.32 Å². The van der Waals surface area contributed by atoms with Crippen molar-refractivity contribution in [1.82, 2.24) is 10.3 Å². The Kier molecular flexibility index (Phi) is 7.95. The monoisotopic (exact) mass is 446 g/mol. The topological polar surface area (TPSA) is 42.0 Å². The second-order valence-electron chi connectivity index (χ2n) is 9.11. The molecule has 0 radical (unpaired) electrons. The molecular weight excluding hydrogens is 415 g/mol. The number of hydrogen-bond acceptors (Lipinski definition) is 3. The predicted octanol–water partition coefficient (Wildman–Crippen LogP) is 6.29. The van der Waals surface area contributed by atoms with Crippen molar-refractivity contribution in [2.24, 2.45) is 11.8 Å². The van der Waals surface area contributed by atoms with Crippen LogP contribution in [0.5, 0.6) is 0 Å². The molecule has 0 amide bonds. The Morgan fingerprint density at radius 1 is 1.17 bits per heavy atom. The fourth-order valence-corrected chi connectivity index (χ4v) is 5.69. The molecule has 5 heteroatoms. The predicted molar refractivity (Wildman–Crippen MR) is 126 cm³/mol. The van der Waals surface area contributed by atoms with Crippen molar-refractivity contribution in [3.63, 3.8) is 0 Å². The Hall–Kier alpha value is -1.42. The number of halogens is 2. The molecule has 1 aliphatic carbocycles. The van der Waals surface area contributed by atoms with E-state index in [4.69, 9.17) is 11.6 Å². The van der Waals surface area contributed by atoms with Crippen LogP contribution in [0.15, 0.2) is 48.7 Å². The summed E-state index contributed by atoms with van der Waals surface area (Å²) in [6.07, 6.45) is 10.6. The number of nitrogens with one attached hydrogen (secondary N) is 1. The summed E-state index contributed by atoms with van der Waals surface area (Å²) in [6.45, 7) is 2.24. The summed E-state index contributed by atoms with van der Waals surface area (Å²) in [5.74, 6) is 1.18. The molecule has 1 aliphatic heterocycles. The van der Waals surface area contributed by atoms with Crippen molar-refractivity contribution in [3.05, 3.63) is 64.9 Å². The molecule has 1 aromatic heterocycles. The van der Waals surface area contributed by atoms with Crippen LogP contribution in [0.25, 0.3) is 0 Å². The van der Waals surface area contributed by atoms with Gasteiger partial charge in [0, 0.05) is 29.3 Å². The fraction of sp³-hybridized carbons (Fsp3) is 0.520. The molecule has 2 unspecified atom stereocenters. The van der Waals surface area contributed by atoms with Gasteiger partial charge >= 0.3 is 0 Å². The van der Waals surface area contributed by atoms with Crippen molar-refractivity contribution in [2.75, 3.05) is 0 Å². The molecule has 2 fully saturated rings. The minimum absolute atomic E-state index is 0. The SMILES string of the molecule is CC1CC(C(=O)c2ccccc2)CC2(CCC(CCc3ncccc3Cl)CC2)N1.Cl. The van der Waals surface area contributed by atoms with E-state index < -0.39 is 0 Å². The molecule has 30 heavy (non-hydrogen) atoms. The summed E-state index contributed by atoms with van der Waals surface area (Å²) < 4.78 is 0. The van der Waals surface area contributed by atoms with Crippen LogP contribution in [0.2, 0.25) is 5.02 Å². The molecule has 2 heterocycles. The van der Waals surface area contributed by atoms with E-state index in [9.17, 15) is 4.79 Å². The lowest BCUT2D eigenvalue weighted by Crippen LogP contribution is -2.57. The highest BCUT2D eigenvalue weighted by atomic mass is 35.5. The molecule has 2 aromatic rings. The zero-order chi connectivity index (χ0) is 20.3. The molecule has 3 nitrogen and oxygen atoms in total. The van der Waals surface area contributed by atoms with E-state index in [2.05, 4.69) is 17.2 Å². The van der Waals surface area contributed by atoms with Crippen LogP contribution in [0.4, 0.5) is 0 Å². The molecular formula is C25H32Cl2N2O. The number of Topliss-reactive ketones (excluding diaryl/α,β-unsaturated/α-hetero) is 1. The Morgan fingerprint density at radius 3 is 2.60 bits per heavy atom. The van der Waals surface area contributed by atoms with Crippen LogP contribution >= 0.6 is 24.0 Å². The number of ketones is 1. The zero-order valence-corrected chi connectivity index (χ0v) is 19.2. The first kappa shape index (κ1) is 23.2. The minimum Gasteiger partial charge on any atom is -0.309 e. The molecule has 1 saturated carbocycles. The van der Waals surface area contributed by atoms with E-state index in [1.165, 1.54) is 12.8 Å². The largest absolute Gasteiger partial charge is 0.309 e. The quantitative estimate of drug-likeness (QED) is 0.548. The van der Waals surface area contributed by atoms with Crippen molar-refractivity contribution >= 4 is 29.8 Å². The second kappa shape index (κ2) is 10.3. The smallest absolute Gasteiger partial charge is 0.166 e. The zero-order valence-electron chi connectivity index (χ0n) is 17.6. The summed E-state index contributed by atoms with van der Waals surface area (Å²) in [6, 6.07) is 14.0. The molecule has 0 bridgehead atoms. The van der Waals surface area contributed by atoms with Gasteiger partial charge in [-0.15, -0.1) is 12.4 Å². The highest BCUT2D eigenvalue weighted by Gasteiger charge is 2.43. The highest BCUT2D eigenvalue weighted by molar-refractivity contribution is 6.31. The van der Waals surface area contributed by atoms with E-state index in [0.29, 0.717) is 11.8 Å². The maximum Gasteiger partial charge on any atom is 0.166 e. The first-order chi connectivity index (χ1) is 14.0. The summed E-state index contributed by atoms with van der Waals surface area (Å²) >= 11 is 6.27. The van der Waals surface area contributed by atoms with Crippen LogP contribution in [0.1, 0.15) is 67.9 Å². The second-order valence-corrected chi connectivity index (χ2v) is 9.51. The molecule has 2 aliphatic rings. The van der Waals surface area contributed by atoms with Crippen molar-refractivity contribution in [3.8, 4) is 0 Å². The van der Waals surface area contributed by atoms with E-state index in [-0.39, 0.29) is 23.9 Å². The lowest BCUT2D eigenvalue weighted by atomic mass is 9.67. The average Bonchev–Trinajstić information content (AvgIpc) is 2.74. The standard InChI is InChI=1S/C25H31ClN2O.ClH/c1-18-16-21(24(29)20-6-3-2-4-7-20)17-25(28-18)13-11-19(12-14-25)9-10-23-22(26)8-5-15-27-23;/h2-8,15,18-19,21,28H,9-14,16-17H2,1H3;1H. The Bertz CT molecular complexity index is 834. The molecule has 1 spiro atoms. The number of pyridine rings is 1. The first-order valence-corrected chi connectivity index (χ1v) is 11.4. The van der Waals surface area contributed by atoms with Crippen LogP contribution in [0, 0.1) is 11.8 Å². The van der Waals surface area contributed by atoms with Crippen molar-refractivity contribution in [2.45, 2.75) is 69.9 Å². The van der Waals surface area contributed by atoms with Gasteiger partial charge in [-0.3, -0.25) is 9.78 Å². The third kappa shape index (κ3) is 5.43.